The summed E-state index contributed by atoms with van der Waals surface area (Å²) in [6.45, 7) is 9.71. The molecule has 6 atom stereocenters. The summed E-state index contributed by atoms with van der Waals surface area (Å²) >= 11 is 0. The molecule has 107 heavy (non-hydrogen) atoms. The molecule has 0 saturated heterocycles. The number of esters is 4. The van der Waals surface area contributed by atoms with Gasteiger partial charge in [0.1, 0.15) is 19.3 Å². The fourth-order valence-corrected chi connectivity index (χ4v) is 15.3. The average molecular weight is 1560 g/mol. The largest absolute Gasteiger partial charge is 0.472 e. The molecule has 0 aliphatic carbocycles. The van der Waals surface area contributed by atoms with Crippen molar-refractivity contribution in [1.82, 2.24) is 0 Å². The Morgan fingerprint density at radius 3 is 0.710 bits per heavy atom. The molecule has 0 aliphatic rings. The van der Waals surface area contributed by atoms with Gasteiger partial charge in [0.2, 0.25) is 0 Å². The fourth-order valence-electron chi connectivity index (χ4n) is 13.7. The highest BCUT2D eigenvalue weighted by Gasteiger charge is 2.31. The predicted octanol–water partition coefficient (Wildman–Crippen LogP) is 27.0. The Kier molecular flexibility index (Phi) is 77.9. The molecule has 0 aromatic heterocycles. The normalized spacial score (nSPS) is 14.0. The lowest BCUT2D eigenvalue weighted by Gasteiger charge is -2.21. The summed E-state index contributed by atoms with van der Waals surface area (Å²) in [6, 6.07) is 0. The van der Waals surface area contributed by atoms with Crippen molar-refractivity contribution in [3.8, 4) is 0 Å². The van der Waals surface area contributed by atoms with Crippen molar-refractivity contribution in [1.29, 1.82) is 0 Å². The van der Waals surface area contributed by atoms with Gasteiger partial charge in [0.25, 0.3) is 0 Å². The quantitative estimate of drug-likeness (QED) is 0.0222. The molecule has 0 fully saturated rings. The maximum absolute atomic E-state index is 13.2. The van der Waals surface area contributed by atoms with E-state index >= 15 is 0 Å². The Hall–Kier alpha value is -1.94. The second kappa shape index (κ2) is 79.3. The zero-order chi connectivity index (χ0) is 78.5. The fraction of sp³-hybridized carbons (Fsp3) is 0.955. The van der Waals surface area contributed by atoms with Crippen LogP contribution in [0.2, 0.25) is 0 Å². The van der Waals surface area contributed by atoms with E-state index in [9.17, 15) is 43.2 Å². The third-order valence-corrected chi connectivity index (χ3v) is 23.0. The van der Waals surface area contributed by atoms with Crippen molar-refractivity contribution < 1.29 is 80.2 Å². The van der Waals surface area contributed by atoms with Gasteiger partial charge in [-0.05, 0) is 37.5 Å². The van der Waals surface area contributed by atoms with Crippen LogP contribution in [-0.2, 0) is 65.4 Å². The van der Waals surface area contributed by atoms with E-state index in [0.717, 1.165) is 102 Å². The summed E-state index contributed by atoms with van der Waals surface area (Å²) in [6.07, 6.45) is 72.4. The Bertz CT molecular complexity index is 2050. The second-order valence-electron chi connectivity index (χ2n) is 32.4. The predicted molar refractivity (Wildman–Crippen MR) is 442 cm³/mol. The summed E-state index contributed by atoms with van der Waals surface area (Å²) in [5, 5.41) is 10.7. The summed E-state index contributed by atoms with van der Waals surface area (Å²) in [7, 11) is -9.93. The van der Waals surface area contributed by atoms with Crippen LogP contribution in [0.25, 0.3) is 0 Å². The van der Waals surface area contributed by atoms with Crippen LogP contribution < -0.4 is 0 Å². The number of aliphatic hydroxyl groups excluding tert-OH is 1. The number of ether oxygens (including phenoxy) is 4. The molecule has 3 unspecified atom stereocenters. The number of unbranched alkanes of at least 4 members (excludes halogenated alkanes) is 56. The number of carbonyl (C=O) groups is 4. The standard InChI is InChI=1S/C88H172O17P2/c1-7-10-12-14-16-18-20-21-22-23-24-25-26-27-31-34-37-41-47-53-59-65-71-86(91)99-76-83(104-87(92)72-66-60-54-48-42-38-35-32-29-28-30-33-36-40-45-51-57-63-69-81(6)9-3)78-102-106(94,95)100-74-82(89)75-101-107(96,97)103-79-84(77-98-85(90)70-64-58-52-46-39-19-17-15-13-11-8-2)105-88(93)73-67-61-55-49-43-44-50-56-62-68-80(4)5/h80-84,89H,7-79H2,1-6H3,(H,94,95)(H,96,97)/t81?,82-,83-,84-/m1/s1. The Morgan fingerprint density at radius 1 is 0.271 bits per heavy atom. The number of phosphoric ester groups is 2. The van der Waals surface area contributed by atoms with Gasteiger partial charge >= 0.3 is 39.5 Å². The lowest BCUT2D eigenvalue weighted by Crippen LogP contribution is -2.30. The van der Waals surface area contributed by atoms with Crippen LogP contribution in [0.1, 0.15) is 472 Å². The van der Waals surface area contributed by atoms with Crippen molar-refractivity contribution in [2.75, 3.05) is 39.6 Å². The topological polar surface area (TPSA) is 237 Å². The third kappa shape index (κ3) is 80.5. The lowest BCUT2D eigenvalue weighted by atomic mass is 9.99. The van der Waals surface area contributed by atoms with E-state index in [0.29, 0.717) is 25.7 Å². The van der Waals surface area contributed by atoms with Gasteiger partial charge in [-0.25, -0.2) is 9.13 Å². The number of rotatable bonds is 87. The van der Waals surface area contributed by atoms with Gasteiger partial charge < -0.3 is 33.8 Å². The summed E-state index contributed by atoms with van der Waals surface area (Å²) in [4.78, 5) is 73.2. The molecule has 0 spiro atoms. The highest BCUT2D eigenvalue weighted by Crippen LogP contribution is 2.45. The Balaban J connectivity index is 5.20. The number of hydrogen-bond acceptors (Lipinski definition) is 15. The van der Waals surface area contributed by atoms with Gasteiger partial charge in [-0.2, -0.15) is 0 Å². The van der Waals surface area contributed by atoms with Gasteiger partial charge in [0.15, 0.2) is 12.2 Å². The van der Waals surface area contributed by atoms with E-state index in [-0.39, 0.29) is 25.7 Å². The molecule has 0 aromatic carbocycles. The first-order valence-corrected chi connectivity index (χ1v) is 48.5. The zero-order valence-electron chi connectivity index (χ0n) is 70.5. The van der Waals surface area contributed by atoms with Crippen molar-refractivity contribution in [2.24, 2.45) is 11.8 Å². The molecule has 19 heteroatoms. The molecule has 3 N–H and O–H groups in total. The van der Waals surface area contributed by atoms with E-state index in [4.69, 9.17) is 37.0 Å². The average Bonchev–Trinajstić information content (AvgIpc) is 0.899. The molecular weight excluding hydrogens is 1390 g/mol. The first-order chi connectivity index (χ1) is 51.9. The Labute approximate surface area is 658 Å². The molecule has 636 valence electrons. The van der Waals surface area contributed by atoms with Crippen LogP contribution in [0.15, 0.2) is 0 Å². The molecule has 0 radical (unpaired) electrons. The van der Waals surface area contributed by atoms with Crippen LogP contribution in [0.4, 0.5) is 0 Å². The zero-order valence-corrected chi connectivity index (χ0v) is 72.2. The van der Waals surface area contributed by atoms with Crippen LogP contribution in [0.3, 0.4) is 0 Å². The number of hydrogen-bond donors (Lipinski definition) is 3. The van der Waals surface area contributed by atoms with Gasteiger partial charge in [0, 0.05) is 25.7 Å². The maximum atomic E-state index is 13.2. The van der Waals surface area contributed by atoms with Crippen LogP contribution >= 0.6 is 15.6 Å². The SMILES string of the molecule is CCCCCCCCCCCCCCCCCCCCCCCCC(=O)OC[C@H](COP(=O)(O)OC[C@@H](O)COP(=O)(O)OC[C@@H](COC(=O)CCCCCCCCCCCCC)OC(=O)CCCCCCCCCCCC(C)C)OC(=O)CCCCCCCCCCCCCCCCCCCCC(C)CC. The minimum atomic E-state index is -4.97. The van der Waals surface area contributed by atoms with Crippen molar-refractivity contribution >= 4 is 39.5 Å². The third-order valence-electron chi connectivity index (χ3n) is 21.1. The van der Waals surface area contributed by atoms with E-state index < -0.39 is 97.5 Å². The number of phosphoric acid groups is 2. The van der Waals surface area contributed by atoms with E-state index in [2.05, 4.69) is 41.5 Å². The van der Waals surface area contributed by atoms with Gasteiger partial charge in [-0.3, -0.25) is 37.3 Å². The maximum Gasteiger partial charge on any atom is 0.472 e. The highest BCUT2D eigenvalue weighted by molar-refractivity contribution is 7.47. The van der Waals surface area contributed by atoms with E-state index in [1.165, 1.54) is 289 Å². The van der Waals surface area contributed by atoms with Crippen LogP contribution in [0.5, 0.6) is 0 Å². The van der Waals surface area contributed by atoms with E-state index in [1.54, 1.807) is 0 Å². The molecule has 0 saturated carbocycles. The molecule has 0 heterocycles. The van der Waals surface area contributed by atoms with E-state index in [1.807, 2.05) is 0 Å². The first kappa shape index (κ1) is 105. The minimum Gasteiger partial charge on any atom is -0.462 e. The van der Waals surface area contributed by atoms with Gasteiger partial charge in [-0.1, -0.05) is 420 Å². The lowest BCUT2D eigenvalue weighted by molar-refractivity contribution is -0.161. The van der Waals surface area contributed by atoms with Crippen LogP contribution in [0, 0.1) is 11.8 Å². The van der Waals surface area contributed by atoms with Crippen molar-refractivity contribution in [3.05, 3.63) is 0 Å². The van der Waals surface area contributed by atoms with Gasteiger partial charge in [-0.15, -0.1) is 0 Å². The molecule has 0 amide bonds. The molecule has 0 bridgehead atoms. The Morgan fingerprint density at radius 2 is 0.477 bits per heavy atom. The molecule has 17 nitrogen and oxygen atoms in total. The summed E-state index contributed by atoms with van der Waals surface area (Å²) < 4.78 is 68.9. The van der Waals surface area contributed by atoms with Crippen LogP contribution in [-0.4, -0.2) is 96.7 Å². The van der Waals surface area contributed by atoms with Gasteiger partial charge in [0.05, 0.1) is 26.4 Å². The smallest absolute Gasteiger partial charge is 0.462 e. The molecule has 0 rings (SSSR count). The molecule has 0 aliphatic heterocycles. The summed E-state index contributed by atoms with van der Waals surface area (Å²) in [5.74, 6) is -0.495. The highest BCUT2D eigenvalue weighted by atomic mass is 31.2. The second-order valence-corrected chi connectivity index (χ2v) is 35.3. The minimum absolute atomic E-state index is 0.106. The summed E-state index contributed by atoms with van der Waals surface area (Å²) in [5.41, 5.74) is 0. The number of carbonyl (C=O) groups excluding carboxylic acids is 4. The van der Waals surface area contributed by atoms with Crippen molar-refractivity contribution in [3.63, 3.8) is 0 Å². The number of aliphatic hydroxyl groups is 1. The monoisotopic (exact) mass is 1560 g/mol. The van der Waals surface area contributed by atoms with Crippen molar-refractivity contribution in [2.45, 2.75) is 490 Å². The molecule has 0 aromatic rings. The molecular formula is C88H172O17P2. The first-order valence-electron chi connectivity index (χ1n) is 45.5.